The molecule has 7 rings (SSSR count). The molecule has 13 heteroatoms. The second-order valence-electron chi connectivity index (χ2n) is 12.3. The highest BCUT2D eigenvalue weighted by atomic mass is 16.8. The van der Waals surface area contributed by atoms with Gasteiger partial charge in [0.2, 0.25) is 5.79 Å². The lowest BCUT2D eigenvalue weighted by molar-refractivity contribution is -0.192. The van der Waals surface area contributed by atoms with Crippen LogP contribution in [0.25, 0.3) is 5.69 Å². The van der Waals surface area contributed by atoms with Gasteiger partial charge in [0.05, 0.1) is 42.4 Å². The van der Waals surface area contributed by atoms with Crippen LogP contribution in [0.4, 0.5) is 11.4 Å². The molecule has 0 bridgehead atoms. The maximum atomic E-state index is 12.8. The van der Waals surface area contributed by atoms with E-state index in [0.717, 1.165) is 55.4 Å². The fraction of sp³-hybridized carbons (Fsp3) is 0.361. The molecule has 0 amide bonds. The number of piperazine rings is 1. The van der Waals surface area contributed by atoms with Crippen LogP contribution in [0, 0.1) is 11.3 Å². The summed E-state index contributed by atoms with van der Waals surface area (Å²) in [6.45, 7) is 8.36. The molecule has 2 aliphatic rings. The molecule has 252 valence electrons. The monoisotopic (exact) mass is 661 g/mol. The molecule has 2 fully saturated rings. The summed E-state index contributed by atoms with van der Waals surface area (Å²) in [5.74, 6) is -0.465. The number of anilines is 2. The molecule has 2 aromatic heterocycles. The summed E-state index contributed by atoms with van der Waals surface area (Å²) < 4.78 is 22.0. The number of nitrogens with zero attached hydrogens (tertiary/aromatic N) is 9. The fourth-order valence-electron chi connectivity index (χ4n) is 6.34. The maximum absolute atomic E-state index is 12.8. The van der Waals surface area contributed by atoms with Crippen molar-refractivity contribution >= 4 is 11.4 Å². The van der Waals surface area contributed by atoms with Gasteiger partial charge < -0.3 is 24.0 Å². The summed E-state index contributed by atoms with van der Waals surface area (Å²) in [5, 5.41) is 22.5. The predicted octanol–water partition coefficient (Wildman–Crippen LogP) is 4.14. The Morgan fingerprint density at radius 1 is 0.918 bits per heavy atom. The summed E-state index contributed by atoms with van der Waals surface area (Å²) >= 11 is 0. The van der Waals surface area contributed by atoms with Crippen LogP contribution in [0.1, 0.15) is 37.4 Å². The molecule has 13 nitrogen and oxygen atoms in total. The first-order valence-electron chi connectivity index (χ1n) is 16.6. The first kappa shape index (κ1) is 32.1. The average Bonchev–Trinajstić information content (AvgIpc) is 3.92. The minimum Gasteiger partial charge on any atom is -0.491 e. The normalized spacial score (nSPS) is 19.9. The van der Waals surface area contributed by atoms with Crippen LogP contribution < -0.4 is 20.2 Å². The second-order valence-corrected chi connectivity index (χ2v) is 12.3. The van der Waals surface area contributed by atoms with E-state index in [0.29, 0.717) is 17.7 Å². The molecule has 0 aliphatic carbocycles. The zero-order chi connectivity index (χ0) is 33.8. The third-order valence-corrected chi connectivity index (χ3v) is 9.25. The van der Waals surface area contributed by atoms with E-state index < -0.39 is 5.79 Å². The van der Waals surface area contributed by atoms with Gasteiger partial charge in [0.1, 0.15) is 31.3 Å². The number of rotatable bonds is 11. The van der Waals surface area contributed by atoms with Crippen molar-refractivity contribution < 1.29 is 14.2 Å². The number of hydrogen-bond donors (Lipinski definition) is 0. The molecular weight excluding hydrogens is 622 g/mol. The van der Waals surface area contributed by atoms with Crippen molar-refractivity contribution in [1.82, 2.24) is 29.3 Å². The Hall–Kier alpha value is -5.45. The highest BCUT2D eigenvalue weighted by Crippen LogP contribution is 2.38. The molecule has 3 aromatic carbocycles. The van der Waals surface area contributed by atoms with Gasteiger partial charge in [-0.05, 0) is 67.9 Å². The van der Waals surface area contributed by atoms with Crippen LogP contribution in [0.2, 0.25) is 0 Å². The van der Waals surface area contributed by atoms with Crippen molar-refractivity contribution in [3.05, 3.63) is 113 Å². The molecule has 2 saturated heterocycles. The van der Waals surface area contributed by atoms with Crippen molar-refractivity contribution in [2.75, 3.05) is 49.2 Å². The standard InChI is InChI=1S/C36H39N9O4/c1-3-27(2)45-35(46)43(26-40-45)31-10-8-29(9-11-31)41-18-20-42(21-19-41)30-12-14-32(15-13-30)47-23-33-24-48-36(49-33,25-44-38-16-17-39-44)34-7-5-4-6-28(34)22-37/h4-17,26-27,33H,3,18-21,23-25H2,1-2H3. The molecule has 0 saturated carbocycles. The minimum absolute atomic E-state index is 0.0632. The van der Waals surface area contributed by atoms with Crippen molar-refractivity contribution in [1.29, 1.82) is 5.26 Å². The van der Waals surface area contributed by atoms with Gasteiger partial charge >= 0.3 is 5.69 Å². The summed E-state index contributed by atoms with van der Waals surface area (Å²) in [7, 11) is 0. The van der Waals surface area contributed by atoms with E-state index in [9.17, 15) is 10.1 Å². The van der Waals surface area contributed by atoms with Gasteiger partial charge in [0.15, 0.2) is 0 Å². The Morgan fingerprint density at radius 3 is 2.20 bits per heavy atom. The van der Waals surface area contributed by atoms with Crippen molar-refractivity contribution in [3.63, 3.8) is 0 Å². The maximum Gasteiger partial charge on any atom is 0.350 e. The Labute approximate surface area is 284 Å². The summed E-state index contributed by atoms with van der Waals surface area (Å²) in [6, 6.07) is 25.8. The third kappa shape index (κ3) is 6.65. The molecular formula is C36H39N9O4. The van der Waals surface area contributed by atoms with Gasteiger partial charge in [-0.2, -0.15) is 25.4 Å². The molecule has 0 spiro atoms. The summed E-state index contributed by atoms with van der Waals surface area (Å²) in [5.41, 5.74) is 4.08. The van der Waals surface area contributed by atoms with E-state index in [1.807, 2.05) is 56.3 Å². The van der Waals surface area contributed by atoms with Crippen molar-refractivity contribution in [2.45, 2.75) is 44.7 Å². The molecule has 49 heavy (non-hydrogen) atoms. The number of ether oxygens (including phenoxy) is 3. The van der Waals surface area contributed by atoms with Crippen molar-refractivity contribution in [2.24, 2.45) is 0 Å². The Kier molecular flexibility index (Phi) is 9.15. The fourth-order valence-corrected chi connectivity index (χ4v) is 6.34. The number of benzene rings is 3. The van der Waals surface area contributed by atoms with E-state index >= 15 is 0 Å². The topological polar surface area (TPSA) is 128 Å². The van der Waals surface area contributed by atoms with Gasteiger partial charge in [-0.3, -0.25) is 0 Å². The zero-order valence-electron chi connectivity index (χ0n) is 27.6. The third-order valence-electron chi connectivity index (χ3n) is 9.25. The molecule has 5 aromatic rings. The molecule has 2 aliphatic heterocycles. The van der Waals surface area contributed by atoms with Crippen LogP contribution in [-0.2, 0) is 21.8 Å². The van der Waals surface area contributed by atoms with Crippen LogP contribution in [-0.4, -0.2) is 74.8 Å². The number of nitriles is 1. The zero-order valence-corrected chi connectivity index (χ0v) is 27.6. The second kappa shape index (κ2) is 14.0. The van der Waals surface area contributed by atoms with Crippen molar-refractivity contribution in [3.8, 4) is 17.5 Å². The highest BCUT2D eigenvalue weighted by Gasteiger charge is 2.46. The molecule has 0 radical (unpaired) electrons. The summed E-state index contributed by atoms with van der Waals surface area (Å²) in [4.78, 5) is 19.0. The number of hydrogen-bond acceptors (Lipinski definition) is 10. The average molecular weight is 662 g/mol. The SMILES string of the molecule is CCC(C)n1ncn(-c2ccc(N3CCN(c4ccc(OCC5COC(Cn6nccn6)(c6ccccc6C#N)O5)cc4)CC3)cc2)c1=O. The smallest absolute Gasteiger partial charge is 0.350 e. The first-order valence-corrected chi connectivity index (χ1v) is 16.6. The minimum atomic E-state index is -1.20. The van der Waals surface area contributed by atoms with Gasteiger partial charge in [-0.15, -0.1) is 0 Å². The van der Waals surface area contributed by atoms with E-state index in [4.69, 9.17) is 14.2 Å². The van der Waals surface area contributed by atoms with Gasteiger partial charge in [-0.25, -0.2) is 14.0 Å². The van der Waals surface area contributed by atoms with E-state index in [-0.39, 0.29) is 31.0 Å². The summed E-state index contributed by atoms with van der Waals surface area (Å²) in [6.07, 6.45) is 5.28. The van der Waals surface area contributed by atoms with Gasteiger partial charge in [-0.1, -0.05) is 25.1 Å². The van der Waals surface area contributed by atoms with Crippen LogP contribution >= 0.6 is 0 Å². The molecule has 3 unspecified atom stereocenters. The predicted molar refractivity (Wildman–Crippen MR) is 183 cm³/mol. The largest absolute Gasteiger partial charge is 0.491 e. The molecule has 0 N–H and O–H groups in total. The lowest BCUT2D eigenvalue weighted by Gasteiger charge is -2.37. The lowest BCUT2D eigenvalue weighted by Crippen LogP contribution is -2.46. The van der Waals surface area contributed by atoms with Gasteiger partial charge in [0, 0.05) is 43.1 Å². The number of aromatic nitrogens is 6. The van der Waals surface area contributed by atoms with Crippen LogP contribution in [0.15, 0.2) is 96.3 Å². The lowest BCUT2D eigenvalue weighted by atomic mass is 10.00. The van der Waals surface area contributed by atoms with Crippen LogP contribution in [0.3, 0.4) is 0 Å². The Morgan fingerprint density at radius 2 is 1.55 bits per heavy atom. The molecule has 4 heterocycles. The Balaban J connectivity index is 0.928. The van der Waals surface area contributed by atoms with E-state index in [1.165, 1.54) is 9.48 Å². The Bertz CT molecular complexity index is 1940. The van der Waals surface area contributed by atoms with Gasteiger partial charge in [0.25, 0.3) is 0 Å². The first-order chi connectivity index (χ1) is 24.0. The quantitative estimate of drug-likeness (QED) is 0.204. The van der Waals surface area contributed by atoms with E-state index in [2.05, 4.69) is 55.4 Å². The molecule has 3 atom stereocenters. The highest BCUT2D eigenvalue weighted by molar-refractivity contribution is 5.54. The van der Waals surface area contributed by atoms with Crippen LogP contribution in [0.5, 0.6) is 5.75 Å². The van der Waals surface area contributed by atoms with E-state index in [1.54, 1.807) is 29.4 Å².